The fourth-order valence-electron chi connectivity index (χ4n) is 3.17. The van der Waals surface area contributed by atoms with Gasteiger partial charge in [-0.2, -0.15) is 0 Å². The van der Waals surface area contributed by atoms with Crippen LogP contribution in [0.25, 0.3) is 0 Å². The van der Waals surface area contributed by atoms with Crippen molar-refractivity contribution < 1.29 is 18.7 Å². The maximum Gasteiger partial charge on any atom is 0.265 e. The molecule has 6 heteroatoms. The Morgan fingerprint density at radius 1 is 1.17 bits per heavy atom. The van der Waals surface area contributed by atoms with Crippen LogP contribution in [0.1, 0.15) is 5.56 Å². The SMILES string of the molecule is O=C(CN1C(=O)COc2ccc(F)cc21)N1CCc2ccccc21. The summed E-state index contributed by atoms with van der Waals surface area (Å²) in [7, 11) is 0. The molecule has 0 aromatic heterocycles. The average Bonchev–Trinajstić information content (AvgIpc) is 3.01. The van der Waals surface area contributed by atoms with E-state index in [0.717, 1.165) is 17.7 Å². The predicted octanol–water partition coefficient (Wildman–Crippen LogP) is 2.14. The Morgan fingerprint density at radius 3 is 2.88 bits per heavy atom. The van der Waals surface area contributed by atoms with Crippen molar-refractivity contribution in [3.05, 3.63) is 53.8 Å². The first kappa shape index (κ1) is 14.7. The van der Waals surface area contributed by atoms with E-state index >= 15 is 0 Å². The highest BCUT2D eigenvalue weighted by Gasteiger charge is 2.31. The van der Waals surface area contributed by atoms with Crippen LogP contribution in [0, 0.1) is 5.82 Å². The molecular weight excluding hydrogens is 311 g/mol. The zero-order valence-electron chi connectivity index (χ0n) is 12.9. The summed E-state index contributed by atoms with van der Waals surface area (Å²) >= 11 is 0. The number of fused-ring (bicyclic) bond motifs is 2. The molecule has 2 heterocycles. The van der Waals surface area contributed by atoms with Crippen molar-refractivity contribution in [1.29, 1.82) is 0 Å². The van der Waals surface area contributed by atoms with Crippen molar-refractivity contribution >= 4 is 23.2 Å². The molecule has 2 aliphatic heterocycles. The minimum absolute atomic E-state index is 0.132. The molecule has 0 radical (unpaired) electrons. The number of para-hydroxylation sites is 1. The molecule has 0 N–H and O–H groups in total. The van der Waals surface area contributed by atoms with Crippen LogP contribution >= 0.6 is 0 Å². The van der Waals surface area contributed by atoms with Gasteiger partial charge in [-0.05, 0) is 30.2 Å². The van der Waals surface area contributed by atoms with Gasteiger partial charge in [0.05, 0.1) is 5.69 Å². The van der Waals surface area contributed by atoms with Crippen molar-refractivity contribution in [2.75, 3.05) is 29.5 Å². The standard InChI is InChI=1S/C18H15FN2O3/c19-13-5-6-16-15(9-13)21(18(23)11-24-16)10-17(22)20-8-7-12-3-1-2-4-14(12)20/h1-6,9H,7-8,10-11H2. The monoisotopic (exact) mass is 326 g/mol. The van der Waals surface area contributed by atoms with E-state index in [-0.39, 0.29) is 25.0 Å². The molecule has 2 amide bonds. The normalized spacial score (nSPS) is 15.8. The van der Waals surface area contributed by atoms with E-state index in [2.05, 4.69) is 0 Å². The van der Waals surface area contributed by atoms with Crippen LogP contribution in [0.4, 0.5) is 15.8 Å². The zero-order valence-corrected chi connectivity index (χ0v) is 12.9. The van der Waals surface area contributed by atoms with Crippen LogP contribution in [0.2, 0.25) is 0 Å². The van der Waals surface area contributed by atoms with Gasteiger partial charge in [-0.1, -0.05) is 18.2 Å². The number of amides is 2. The third-order valence-electron chi connectivity index (χ3n) is 4.35. The minimum atomic E-state index is -0.476. The number of hydrogen-bond acceptors (Lipinski definition) is 3. The van der Waals surface area contributed by atoms with Gasteiger partial charge in [-0.15, -0.1) is 0 Å². The van der Waals surface area contributed by atoms with E-state index in [1.165, 1.54) is 23.1 Å². The van der Waals surface area contributed by atoms with E-state index in [0.29, 0.717) is 18.0 Å². The minimum Gasteiger partial charge on any atom is -0.482 e. The van der Waals surface area contributed by atoms with Gasteiger partial charge in [0.1, 0.15) is 18.1 Å². The molecule has 2 aromatic rings. The van der Waals surface area contributed by atoms with E-state index in [1.54, 1.807) is 4.90 Å². The molecule has 0 unspecified atom stereocenters. The first-order valence-electron chi connectivity index (χ1n) is 7.74. The first-order valence-corrected chi connectivity index (χ1v) is 7.74. The molecule has 2 aromatic carbocycles. The highest BCUT2D eigenvalue weighted by atomic mass is 19.1. The second-order valence-corrected chi connectivity index (χ2v) is 5.80. The lowest BCUT2D eigenvalue weighted by atomic mass is 10.2. The highest BCUT2D eigenvalue weighted by Crippen LogP contribution is 2.33. The predicted molar refractivity (Wildman–Crippen MR) is 86.7 cm³/mol. The Kier molecular flexibility index (Phi) is 3.45. The molecule has 2 aliphatic rings. The highest BCUT2D eigenvalue weighted by molar-refractivity contribution is 6.06. The average molecular weight is 326 g/mol. The van der Waals surface area contributed by atoms with E-state index in [9.17, 15) is 14.0 Å². The third-order valence-corrected chi connectivity index (χ3v) is 4.35. The Morgan fingerprint density at radius 2 is 2.00 bits per heavy atom. The second-order valence-electron chi connectivity index (χ2n) is 5.80. The van der Waals surface area contributed by atoms with E-state index < -0.39 is 5.82 Å². The summed E-state index contributed by atoms with van der Waals surface area (Å²) in [6.07, 6.45) is 0.796. The molecule has 0 spiro atoms. The maximum atomic E-state index is 13.5. The largest absolute Gasteiger partial charge is 0.482 e. The van der Waals surface area contributed by atoms with E-state index in [1.807, 2.05) is 24.3 Å². The number of hydrogen-bond donors (Lipinski definition) is 0. The first-order chi connectivity index (χ1) is 11.6. The third kappa shape index (κ3) is 2.40. The second kappa shape index (κ2) is 5.63. The van der Waals surface area contributed by atoms with Crippen LogP contribution in [-0.2, 0) is 16.0 Å². The number of halogens is 1. The van der Waals surface area contributed by atoms with Crippen molar-refractivity contribution in [2.45, 2.75) is 6.42 Å². The lowest BCUT2D eigenvalue weighted by Gasteiger charge is -2.30. The molecule has 0 fully saturated rings. The fourth-order valence-corrected chi connectivity index (χ4v) is 3.17. The Hall–Kier alpha value is -2.89. The van der Waals surface area contributed by atoms with Crippen molar-refractivity contribution in [2.24, 2.45) is 0 Å². The topological polar surface area (TPSA) is 49.9 Å². The van der Waals surface area contributed by atoms with Crippen LogP contribution < -0.4 is 14.5 Å². The smallest absolute Gasteiger partial charge is 0.265 e. The summed E-state index contributed by atoms with van der Waals surface area (Å²) in [6, 6.07) is 11.7. The van der Waals surface area contributed by atoms with Gasteiger partial charge in [0.2, 0.25) is 5.91 Å². The van der Waals surface area contributed by atoms with Crippen LogP contribution in [0.15, 0.2) is 42.5 Å². The van der Waals surface area contributed by atoms with Gasteiger partial charge >= 0.3 is 0 Å². The van der Waals surface area contributed by atoms with Crippen molar-refractivity contribution in [3.8, 4) is 5.75 Å². The van der Waals surface area contributed by atoms with E-state index in [4.69, 9.17) is 4.74 Å². The van der Waals surface area contributed by atoms with Crippen LogP contribution in [0.3, 0.4) is 0 Å². The lowest BCUT2D eigenvalue weighted by Crippen LogP contribution is -2.46. The fraction of sp³-hybridized carbons (Fsp3) is 0.222. The number of benzene rings is 2. The number of anilines is 2. The van der Waals surface area contributed by atoms with Gasteiger partial charge in [0.15, 0.2) is 6.61 Å². The van der Waals surface area contributed by atoms with Gasteiger partial charge in [-0.3, -0.25) is 14.5 Å². The number of ether oxygens (including phenoxy) is 1. The molecule has 0 bridgehead atoms. The summed E-state index contributed by atoms with van der Waals surface area (Å²) in [5.41, 5.74) is 2.29. The summed E-state index contributed by atoms with van der Waals surface area (Å²) in [4.78, 5) is 27.9. The summed E-state index contributed by atoms with van der Waals surface area (Å²) in [5, 5.41) is 0. The Bertz CT molecular complexity index is 837. The van der Waals surface area contributed by atoms with Gasteiger partial charge < -0.3 is 9.64 Å². The lowest BCUT2D eigenvalue weighted by molar-refractivity contribution is -0.124. The maximum absolute atomic E-state index is 13.5. The molecule has 5 nitrogen and oxygen atoms in total. The zero-order chi connectivity index (χ0) is 16.7. The van der Waals surface area contributed by atoms with Crippen molar-refractivity contribution in [3.63, 3.8) is 0 Å². The molecular formula is C18H15FN2O3. The number of nitrogens with zero attached hydrogens (tertiary/aromatic N) is 2. The molecule has 0 atom stereocenters. The Labute approximate surface area is 138 Å². The number of carbonyl (C=O) groups excluding carboxylic acids is 2. The van der Waals surface area contributed by atoms with Gasteiger partial charge in [0.25, 0.3) is 5.91 Å². The Balaban J connectivity index is 1.61. The summed E-state index contributed by atoms with van der Waals surface area (Å²) < 4.78 is 18.8. The summed E-state index contributed by atoms with van der Waals surface area (Å²) in [5.74, 6) is -0.610. The van der Waals surface area contributed by atoms with Crippen LogP contribution in [0.5, 0.6) is 5.75 Å². The molecule has 0 aliphatic carbocycles. The summed E-state index contributed by atoms with van der Waals surface area (Å²) in [6.45, 7) is 0.308. The molecule has 4 rings (SSSR count). The number of carbonyl (C=O) groups is 2. The van der Waals surface area contributed by atoms with Gasteiger partial charge in [-0.25, -0.2) is 4.39 Å². The van der Waals surface area contributed by atoms with Crippen LogP contribution in [-0.4, -0.2) is 31.5 Å². The molecule has 0 saturated carbocycles. The molecule has 24 heavy (non-hydrogen) atoms. The van der Waals surface area contributed by atoms with Gasteiger partial charge in [0, 0.05) is 18.3 Å². The van der Waals surface area contributed by atoms with Crippen molar-refractivity contribution in [1.82, 2.24) is 0 Å². The number of rotatable bonds is 2. The molecule has 122 valence electrons. The quantitative estimate of drug-likeness (QED) is 0.850. The molecule has 0 saturated heterocycles.